The van der Waals surface area contributed by atoms with Crippen LogP contribution < -0.4 is 0 Å². The molecule has 1 unspecified atom stereocenters. The Kier molecular flexibility index (Phi) is 3.93. The third-order valence-electron chi connectivity index (χ3n) is 3.82. The molecule has 7 heteroatoms. The van der Waals surface area contributed by atoms with Crippen molar-refractivity contribution < 1.29 is 23.4 Å². The van der Waals surface area contributed by atoms with E-state index in [1.165, 1.54) is 0 Å². The molecule has 0 aromatic rings. The number of carboxylic acids is 1. The summed E-state index contributed by atoms with van der Waals surface area (Å²) in [5, 5.41) is 18.1. The Morgan fingerprint density at radius 3 is 2.33 bits per heavy atom. The minimum absolute atomic E-state index is 0.0126. The van der Waals surface area contributed by atoms with Crippen LogP contribution in [0.3, 0.4) is 0 Å². The molecule has 104 valence electrons. The maximum absolute atomic E-state index is 12.4. The van der Waals surface area contributed by atoms with Crippen molar-refractivity contribution in [2.75, 3.05) is 6.54 Å². The van der Waals surface area contributed by atoms with Crippen LogP contribution in [0, 0.1) is 0 Å². The fourth-order valence-corrected chi connectivity index (χ4v) is 5.07. The monoisotopic (exact) mass is 277 g/mol. The molecule has 1 aliphatic heterocycles. The SMILES string of the molecule is O=C(O)[C@@H]1CC(O)CN1S(=O)(=O)C1CCCCC1. The number of nitrogens with zero attached hydrogens (tertiary/aromatic N) is 1. The van der Waals surface area contributed by atoms with E-state index >= 15 is 0 Å². The van der Waals surface area contributed by atoms with Crippen LogP contribution >= 0.6 is 0 Å². The Bertz CT molecular complexity index is 415. The summed E-state index contributed by atoms with van der Waals surface area (Å²) >= 11 is 0. The predicted octanol–water partition coefficient (Wildman–Crippen LogP) is 0.169. The van der Waals surface area contributed by atoms with E-state index in [2.05, 4.69) is 0 Å². The van der Waals surface area contributed by atoms with Gasteiger partial charge >= 0.3 is 5.97 Å². The Balaban J connectivity index is 2.20. The van der Waals surface area contributed by atoms with Gasteiger partial charge in [0.15, 0.2) is 0 Å². The number of hydrogen-bond donors (Lipinski definition) is 2. The van der Waals surface area contributed by atoms with Crippen LogP contribution in [0.15, 0.2) is 0 Å². The molecule has 0 bridgehead atoms. The van der Waals surface area contributed by atoms with E-state index in [1.54, 1.807) is 0 Å². The molecule has 0 radical (unpaired) electrons. The molecule has 2 aliphatic rings. The summed E-state index contributed by atoms with van der Waals surface area (Å²) in [5.74, 6) is -1.18. The van der Waals surface area contributed by atoms with E-state index in [1.807, 2.05) is 0 Å². The second-order valence-corrected chi connectivity index (χ2v) is 7.28. The highest BCUT2D eigenvalue weighted by Crippen LogP contribution is 2.30. The molecule has 6 nitrogen and oxygen atoms in total. The van der Waals surface area contributed by atoms with Gasteiger partial charge in [-0.25, -0.2) is 8.42 Å². The van der Waals surface area contributed by atoms with Crippen molar-refractivity contribution in [1.82, 2.24) is 4.31 Å². The third-order valence-corrected chi connectivity index (χ3v) is 6.19. The molecule has 18 heavy (non-hydrogen) atoms. The summed E-state index contributed by atoms with van der Waals surface area (Å²) in [6, 6.07) is -1.10. The highest BCUT2D eigenvalue weighted by molar-refractivity contribution is 7.89. The van der Waals surface area contributed by atoms with Gasteiger partial charge in [0, 0.05) is 13.0 Å². The number of hydrogen-bond acceptors (Lipinski definition) is 4. The van der Waals surface area contributed by atoms with Gasteiger partial charge in [-0.3, -0.25) is 4.79 Å². The molecule has 1 aliphatic carbocycles. The number of carboxylic acid groups (broad SMARTS) is 1. The summed E-state index contributed by atoms with van der Waals surface area (Å²) < 4.78 is 25.8. The van der Waals surface area contributed by atoms with Crippen LogP contribution in [-0.2, 0) is 14.8 Å². The first-order chi connectivity index (χ1) is 8.43. The van der Waals surface area contributed by atoms with Crippen LogP contribution in [0.4, 0.5) is 0 Å². The average molecular weight is 277 g/mol. The van der Waals surface area contributed by atoms with Crippen molar-refractivity contribution in [1.29, 1.82) is 0 Å². The molecule has 2 atom stereocenters. The predicted molar refractivity (Wildman–Crippen MR) is 64.5 cm³/mol. The zero-order valence-corrected chi connectivity index (χ0v) is 11.0. The summed E-state index contributed by atoms with van der Waals surface area (Å²) in [5.41, 5.74) is 0. The fourth-order valence-electron chi connectivity index (χ4n) is 2.84. The zero-order chi connectivity index (χ0) is 13.3. The van der Waals surface area contributed by atoms with Crippen LogP contribution in [0.2, 0.25) is 0 Å². The second-order valence-electron chi connectivity index (χ2n) is 5.12. The summed E-state index contributed by atoms with van der Waals surface area (Å²) in [6.07, 6.45) is 3.10. The Hall–Kier alpha value is -0.660. The van der Waals surface area contributed by atoms with Gasteiger partial charge in [-0.05, 0) is 12.8 Å². The van der Waals surface area contributed by atoms with Crippen LogP contribution in [-0.4, -0.2) is 52.8 Å². The van der Waals surface area contributed by atoms with Crippen molar-refractivity contribution in [2.45, 2.75) is 55.9 Å². The number of sulfonamides is 1. The molecular weight excluding hydrogens is 258 g/mol. The fraction of sp³-hybridized carbons (Fsp3) is 0.909. The smallest absolute Gasteiger partial charge is 0.322 e. The minimum Gasteiger partial charge on any atom is -0.480 e. The Morgan fingerprint density at radius 2 is 1.78 bits per heavy atom. The third kappa shape index (κ3) is 2.53. The van der Waals surface area contributed by atoms with Crippen molar-refractivity contribution >= 4 is 16.0 Å². The lowest BCUT2D eigenvalue weighted by molar-refractivity contribution is -0.140. The summed E-state index contributed by atoms with van der Waals surface area (Å²) in [4.78, 5) is 11.1. The highest BCUT2D eigenvalue weighted by Gasteiger charge is 2.45. The lowest BCUT2D eigenvalue weighted by atomic mass is 10.0. The van der Waals surface area contributed by atoms with E-state index < -0.39 is 33.4 Å². The zero-order valence-electron chi connectivity index (χ0n) is 10.2. The van der Waals surface area contributed by atoms with Crippen molar-refractivity contribution in [2.24, 2.45) is 0 Å². The van der Waals surface area contributed by atoms with E-state index in [0.717, 1.165) is 23.6 Å². The minimum atomic E-state index is -3.60. The van der Waals surface area contributed by atoms with Gasteiger partial charge in [-0.15, -0.1) is 0 Å². The molecule has 1 saturated carbocycles. The molecule has 1 heterocycles. The molecule has 2 fully saturated rings. The first-order valence-corrected chi connectivity index (χ1v) is 7.85. The Labute approximate surface area is 107 Å². The van der Waals surface area contributed by atoms with Crippen molar-refractivity contribution in [3.8, 4) is 0 Å². The number of aliphatic hydroxyl groups is 1. The summed E-state index contributed by atoms with van der Waals surface area (Å²) in [6.45, 7) is -0.0875. The normalized spacial score (nSPS) is 31.6. The molecule has 1 saturated heterocycles. The molecule has 0 aromatic carbocycles. The van der Waals surface area contributed by atoms with E-state index in [4.69, 9.17) is 5.11 Å². The highest BCUT2D eigenvalue weighted by atomic mass is 32.2. The molecule has 0 spiro atoms. The Morgan fingerprint density at radius 1 is 1.17 bits per heavy atom. The molecule has 0 aromatic heterocycles. The van der Waals surface area contributed by atoms with Gasteiger partial charge in [0.1, 0.15) is 6.04 Å². The molecule has 2 rings (SSSR count). The summed E-state index contributed by atoms with van der Waals surface area (Å²) in [7, 11) is -3.60. The number of aliphatic carboxylic acids is 1. The van der Waals surface area contributed by atoms with E-state index in [9.17, 15) is 18.3 Å². The van der Waals surface area contributed by atoms with Crippen LogP contribution in [0.1, 0.15) is 38.5 Å². The topological polar surface area (TPSA) is 94.9 Å². The lowest BCUT2D eigenvalue weighted by Crippen LogP contribution is -2.45. The second kappa shape index (κ2) is 5.14. The standard InChI is InChI=1S/C11H19NO5S/c13-8-6-10(11(14)15)12(7-8)18(16,17)9-4-2-1-3-5-9/h8-10,13H,1-7H2,(H,14,15)/t8?,10-/m0/s1. The number of β-amino-alcohol motifs (C(OH)–C–C–N with tert-alkyl or cyclic N) is 1. The first kappa shape index (κ1) is 13.8. The van der Waals surface area contributed by atoms with Gasteiger partial charge in [0.25, 0.3) is 0 Å². The molecule has 0 amide bonds. The number of aliphatic hydroxyl groups excluding tert-OH is 1. The largest absolute Gasteiger partial charge is 0.480 e. The maximum Gasteiger partial charge on any atom is 0.322 e. The average Bonchev–Trinajstić information content (AvgIpc) is 2.73. The molecular formula is C11H19NO5S. The van der Waals surface area contributed by atoms with Gasteiger partial charge in [-0.1, -0.05) is 19.3 Å². The van der Waals surface area contributed by atoms with Crippen LogP contribution in [0.5, 0.6) is 0 Å². The van der Waals surface area contributed by atoms with Gasteiger partial charge < -0.3 is 10.2 Å². The van der Waals surface area contributed by atoms with Crippen LogP contribution in [0.25, 0.3) is 0 Å². The number of rotatable bonds is 3. The van der Waals surface area contributed by atoms with E-state index in [-0.39, 0.29) is 13.0 Å². The van der Waals surface area contributed by atoms with Gasteiger partial charge in [0.2, 0.25) is 10.0 Å². The number of carbonyl (C=O) groups is 1. The lowest BCUT2D eigenvalue weighted by Gasteiger charge is -2.28. The van der Waals surface area contributed by atoms with E-state index in [0.29, 0.717) is 12.8 Å². The van der Waals surface area contributed by atoms with Crippen molar-refractivity contribution in [3.05, 3.63) is 0 Å². The first-order valence-electron chi connectivity index (χ1n) is 6.34. The van der Waals surface area contributed by atoms with Gasteiger partial charge in [-0.2, -0.15) is 4.31 Å². The maximum atomic E-state index is 12.4. The van der Waals surface area contributed by atoms with Gasteiger partial charge in [0.05, 0.1) is 11.4 Å². The quantitative estimate of drug-likeness (QED) is 0.766. The molecule has 2 N–H and O–H groups in total. The van der Waals surface area contributed by atoms with Crippen molar-refractivity contribution in [3.63, 3.8) is 0 Å².